The van der Waals surface area contributed by atoms with Gasteiger partial charge in [0, 0.05) is 39.8 Å². The summed E-state index contributed by atoms with van der Waals surface area (Å²) in [5, 5.41) is 2.02. The van der Waals surface area contributed by atoms with Crippen molar-refractivity contribution in [1.82, 2.24) is 15.8 Å². The molecule has 0 aliphatic carbocycles. The molecule has 2 heterocycles. The number of aryl methyl sites for hydroxylation is 1. The van der Waals surface area contributed by atoms with Crippen LogP contribution in [0.15, 0.2) is 36.5 Å². The first-order valence-corrected chi connectivity index (χ1v) is 6.46. The topological polar surface area (TPSA) is 63.0 Å². The number of rotatable bonds is 0. The molecule has 0 amide bonds. The van der Waals surface area contributed by atoms with E-state index >= 15 is 0 Å². The van der Waals surface area contributed by atoms with E-state index in [1.165, 1.54) is 0 Å². The summed E-state index contributed by atoms with van der Waals surface area (Å²) < 4.78 is 0. The molecule has 4 nitrogen and oxygen atoms in total. The molecule has 1 aromatic heterocycles. The van der Waals surface area contributed by atoms with Gasteiger partial charge in [0.1, 0.15) is 0 Å². The third-order valence-electron chi connectivity index (χ3n) is 3.21. The van der Waals surface area contributed by atoms with E-state index in [9.17, 15) is 0 Å². The number of benzene rings is 1. The van der Waals surface area contributed by atoms with Gasteiger partial charge in [-0.05, 0) is 31.2 Å². The quantitative estimate of drug-likeness (QED) is 0.610. The van der Waals surface area contributed by atoms with Crippen molar-refractivity contribution in [3.8, 4) is 0 Å². The molecule has 20 heavy (non-hydrogen) atoms. The number of fused-ring (bicyclic) bond motifs is 2. The van der Waals surface area contributed by atoms with E-state index in [2.05, 4.69) is 28.0 Å². The Kier molecular flexibility index (Phi) is 3.13. The van der Waals surface area contributed by atoms with Crippen molar-refractivity contribution in [2.24, 2.45) is 0 Å². The number of anilines is 1. The number of nitrogens with two attached hydrogens (primary N) is 1. The van der Waals surface area contributed by atoms with Crippen LogP contribution < -0.4 is 27.0 Å². The molecule has 0 atom stereocenters. The number of aromatic nitrogens is 1. The first kappa shape index (κ1) is 12.3. The molecule has 0 bridgehead atoms. The van der Waals surface area contributed by atoms with Gasteiger partial charge in [-0.3, -0.25) is 4.98 Å². The van der Waals surface area contributed by atoms with Gasteiger partial charge >= 0.3 is 0 Å². The zero-order chi connectivity index (χ0) is 13.9. The van der Waals surface area contributed by atoms with Gasteiger partial charge in [0.25, 0.3) is 0 Å². The third kappa shape index (κ3) is 2.36. The predicted molar refractivity (Wildman–Crippen MR) is 82.4 cm³/mol. The van der Waals surface area contributed by atoms with Crippen molar-refractivity contribution in [3.63, 3.8) is 0 Å². The zero-order valence-corrected chi connectivity index (χ0v) is 11.2. The molecule has 100 valence electrons. The summed E-state index contributed by atoms with van der Waals surface area (Å²) in [6.07, 6.45) is 7.72. The van der Waals surface area contributed by atoms with Gasteiger partial charge in [-0.2, -0.15) is 0 Å². The van der Waals surface area contributed by atoms with Crippen molar-refractivity contribution in [1.29, 1.82) is 0 Å². The summed E-state index contributed by atoms with van der Waals surface area (Å²) >= 11 is 0. The van der Waals surface area contributed by atoms with Crippen LogP contribution in [0.25, 0.3) is 18.4 Å². The summed E-state index contributed by atoms with van der Waals surface area (Å²) in [4.78, 5) is 4.55. The Bertz CT molecular complexity index is 791. The Morgan fingerprint density at radius 2 is 2.00 bits per heavy atom. The van der Waals surface area contributed by atoms with Crippen LogP contribution in [0.4, 0.5) is 5.69 Å². The van der Waals surface area contributed by atoms with Gasteiger partial charge in [0.2, 0.25) is 0 Å². The second-order valence-corrected chi connectivity index (χ2v) is 4.69. The highest BCUT2D eigenvalue weighted by Crippen LogP contribution is 2.10. The standard InChI is InChI=1S/C16H16N4/c1-11-5-6-12-9-14-13(3-2-4-15(14)17)10-19-18-8-7-16(12)20-11/h2-10,18-19H,17H2,1H3/b8-7-,13-10-,14-9+. The molecular formula is C16H16N4. The average molecular weight is 264 g/mol. The second-order valence-electron chi connectivity index (χ2n) is 4.69. The third-order valence-corrected chi connectivity index (χ3v) is 3.21. The van der Waals surface area contributed by atoms with Crippen molar-refractivity contribution < 1.29 is 0 Å². The van der Waals surface area contributed by atoms with Gasteiger partial charge < -0.3 is 16.6 Å². The molecule has 0 fully saturated rings. The molecule has 0 radical (unpaired) electrons. The summed E-state index contributed by atoms with van der Waals surface area (Å²) in [5.41, 5.74) is 15.8. The van der Waals surface area contributed by atoms with Crippen LogP contribution in [0.5, 0.6) is 0 Å². The molecule has 1 aliphatic rings. The van der Waals surface area contributed by atoms with Crippen LogP contribution in [0.3, 0.4) is 0 Å². The predicted octanol–water partition coefficient (Wildman–Crippen LogP) is 0.618. The Labute approximate surface area is 117 Å². The zero-order valence-electron chi connectivity index (χ0n) is 11.2. The molecule has 2 aromatic rings. The van der Waals surface area contributed by atoms with Gasteiger partial charge in [0.05, 0.1) is 5.69 Å². The van der Waals surface area contributed by atoms with Crippen LogP contribution in [-0.4, -0.2) is 4.98 Å². The normalized spacial score (nSPS) is 17.9. The van der Waals surface area contributed by atoms with E-state index in [0.717, 1.165) is 33.1 Å². The van der Waals surface area contributed by atoms with Crippen LogP contribution in [0.2, 0.25) is 0 Å². The summed E-state index contributed by atoms with van der Waals surface area (Å²) in [5.74, 6) is 0. The van der Waals surface area contributed by atoms with Gasteiger partial charge in [-0.1, -0.05) is 18.2 Å². The molecule has 3 rings (SSSR count). The van der Waals surface area contributed by atoms with E-state index in [1.807, 2.05) is 49.7 Å². The summed E-state index contributed by atoms with van der Waals surface area (Å²) in [6, 6.07) is 9.93. The fraction of sp³-hybridized carbons (Fsp3) is 0.0625. The highest BCUT2D eigenvalue weighted by Gasteiger charge is 2.01. The molecule has 1 aliphatic heterocycles. The van der Waals surface area contributed by atoms with E-state index in [0.29, 0.717) is 0 Å². The van der Waals surface area contributed by atoms with Gasteiger partial charge in [0.15, 0.2) is 0 Å². The SMILES string of the molecule is Cc1ccc2c(n1)/C=C\NN/C=c1/cccc(N)/c1=C/2. The van der Waals surface area contributed by atoms with Crippen molar-refractivity contribution >= 4 is 24.0 Å². The maximum atomic E-state index is 6.10. The number of nitrogens with zero attached hydrogens (tertiary/aromatic N) is 1. The van der Waals surface area contributed by atoms with E-state index in [1.54, 1.807) is 0 Å². The van der Waals surface area contributed by atoms with Gasteiger partial charge in [-0.15, -0.1) is 0 Å². The monoisotopic (exact) mass is 264 g/mol. The minimum atomic E-state index is 0.747. The van der Waals surface area contributed by atoms with Crippen LogP contribution >= 0.6 is 0 Å². The number of hydrogen-bond acceptors (Lipinski definition) is 4. The molecule has 4 heteroatoms. The first-order chi connectivity index (χ1) is 9.74. The maximum Gasteiger partial charge on any atom is 0.0720 e. The lowest BCUT2D eigenvalue weighted by Gasteiger charge is -2.06. The van der Waals surface area contributed by atoms with Crippen LogP contribution in [-0.2, 0) is 0 Å². The van der Waals surface area contributed by atoms with Crippen molar-refractivity contribution in [3.05, 3.63) is 63.9 Å². The van der Waals surface area contributed by atoms with E-state index in [4.69, 9.17) is 5.73 Å². The molecule has 0 spiro atoms. The average Bonchev–Trinajstić information content (AvgIpc) is 2.44. The molecule has 0 saturated heterocycles. The molecule has 0 saturated carbocycles. The summed E-state index contributed by atoms with van der Waals surface area (Å²) in [7, 11) is 0. The number of hydrogen-bond donors (Lipinski definition) is 3. The molecule has 4 N–H and O–H groups in total. The highest BCUT2D eigenvalue weighted by molar-refractivity contribution is 5.65. The van der Waals surface area contributed by atoms with Crippen LogP contribution in [0.1, 0.15) is 17.0 Å². The Balaban J connectivity index is 2.35. The van der Waals surface area contributed by atoms with Crippen molar-refractivity contribution in [2.75, 3.05) is 5.73 Å². The lowest BCUT2D eigenvalue weighted by atomic mass is 10.1. The smallest absolute Gasteiger partial charge is 0.0720 e. The number of pyridine rings is 1. The van der Waals surface area contributed by atoms with Gasteiger partial charge in [-0.25, -0.2) is 0 Å². The van der Waals surface area contributed by atoms with E-state index in [-0.39, 0.29) is 0 Å². The Morgan fingerprint density at radius 3 is 2.90 bits per heavy atom. The van der Waals surface area contributed by atoms with Crippen molar-refractivity contribution in [2.45, 2.75) is 6.92 Å². The molecule has 0 unspecified atom stereocenters. The van der Waals surface area contributed by atoms with Crippen LogP contribution in [0, 0.1) is 6.92 Å². The largest absolute Gasteiger partial charge is 0.398 e. The fourth-order valence-corrected chi connectivity index (χ4v) is 2.18. The molecular weight excluding hydrogens is 248 g/mol. The minimum absolute atomic E-state index is 0.747. The maximum absolute atomic E-state index is 6.10. The first-order valence-electron chi connectivity index (χ1n) is 6.46. The Morgan fingerprint density at radius 1 is 1.10 bits per heavy atom. The lowest BCUT2D eigenvalue weighted by molar-refractivity contribution is 0.817. The Hall–Kier alpha value is -2.75. The number of nitrogens with one attached hydrogen (secondary N) is 2. The summed E-state index contributed by atoms with van der Waals surface area (Å²) in [6.45, 7) is 1.98. The lowest BCUT2D eigenvalue weighted by Crippen LogP contribution is -2.33. The minimum Gasteiger partial charge on any atom is -0.398 e. The highest BCUT2D eigenvalue weighted by atomic mass is 15.3. The number of nitrogen functional groups attached to an aromatic ring is 1. The molecule has 1 aromatic carbocycles. The number of hydrazine groups is 1. The fourth-order valence-electron chi connectivity index (χ4n) is 2.18. The van der Waals surface area contributed by atoms with E-state index < -0.39 is 0 Å². The second kappa shape index (κ2) is 5.09.